The zero-order valence-corrected chi connectivity index (χ0v) is 13.3. The van der Waals surface area contributed by atoms with Crippen molar-refractivity contribution in [3.63, 3.8) is 0 Å². The standard InChI is InChI=1S/C17H21ClN2O2/c18-13-3-1-2-12(8-13)14-9-15(14)19-16(21)20-6-4-17(10-20)5-7-22-11-17/h1-3,8,14-15H,4-7,9-11H2,(H,19,21). The number of nitrogens with zero attached hydrogens (tertiary/aromatic N) is 1. The third-order valence-electron chi connectivity index (χ3n) is 5.29. The van der Waals surface area contributed by atoms with Gasteiger partial charge in [-0.2, -0.15) is 0 Å². The summed E-state index contributed by atoms with van der Waals surface area (Å²) in [6.07, 6.45) is 3.17. The summed E-state index contributed by atoms with van der Waals surface area (Å²) in [5.41, 5.74) is 1.45. The largest absolute Gasteiger partial charge is 0.381 e. The van der Waals surface area contributed by atoms with E-state index in [0.717, 1.165) is 50.6 Å². The second-order valence-corrected chi connectivity index (χ2v) is 7.36. The van der Waals surface area contributed by atoms with E-state index in [9.17, 15) is 4.79 Å². The molecule has 1 saturated carbocycles. The maximum Gasteiger partial charge on any atom is 0.317 e. The number of urea groups is 1. The zero-order valence-electron chi connectivity index (χ0n) is 12.6. The van der Waals surface area contributed by atoms with E-state index in [-0.39, 0.29) is 17.5 Å². The van der Waals surface area contributed by atoms with Crippen molar-refractivity contribution in [1.82, 2.24) is 10.2 Å². The van der Waals surface area contributed by atoms with Crippen LogP contribution >= 0.6 is 11.6 Å². The molecule has 0 aromatic heterocycles. The maximum atomic E-state index is 12.4. The van der Waals surface area contributed by atoms with E-state index in [1.807, 2.05) is 23.1 Å². The number of amides is 2. The van der Waals surface area contributed by atoms with E-state index in [1.54, 1.807) is 0 Å². The molecule has 1 aliphatic carbocycles. The lowest BCUT2D eigenvalue weighted by Gasteiger charge is -2.22. The molecule has 0 bridgehead atoms. The molecule has 4 nitrogen and oxygen atoms in total. The molecular formula is C17H21ClN2O2. The van der Waals surface area contributed by atoms with Gasteiger partial charge in [0.1, 0.15) is 0 Å². The molecule has 4 rings (SSSR count). The number of carbonyl (C=O) groups is 1. The van der Waals surface area contributed by atoms with Crippen LogP contribution < -0.4 is 5.32 Å². The number of hydrogen-bond acceptors (Lipinski definition) is 2. The lowest BCUT2D eigenvalue weighted by molar-refractivity contribution is 0.152. The number of halogens is 1. The molecule has 2 aliphatic heterocycles. The van der Waals surface area contributed by atoms with Gasteiger partial charge < -0.3 is 15.0 Å². The van der Waals surface area contributed by atoms with Gasteiger partial charge in [0.15, 0.2) is 0 Å². The Morgan fingerprint density at radius 3 is 3.09 bits per heavy atom. The first-order valence-electron chi connectivity index (χ1n) is 8.04. The molecule has 3 unspecified atom stereocenters. The quantitative estimate of drug-likeness (QED) is 0.910. The molecule has 0 radical (unpaired) electrons. The van der Waals surface area contributed by atoms with Crippen LogP contribution in [0, 0.1) is 5.41 Å². The Kier molecular flexibility index (Phi) is 3.54. The van der Waals surface area contributed by atoms with Gasteiger partial charge in [-0.05, 0) is 37.0 Å². The molecular weight excluding hydrogens is 300 g/mol. The van der Waals surface area contributed by atoms with Gasteiger partial charge in [0.25, 0.3) is 0 Å². The SMILES string of the molecule is O=C(NC1CC1c1cccc(Cl)c1)N1CCC2(CCOC2)C1. The minimum absolute atomic E-state index is 0.0818. The van der Waals surface area contributed by atoms with E-state index in [2.05, 4.69) is 11.4 Å². The third kappa shape index (κ3) is 2.70. The molecule has 5 heteroatoms. The van der Waals surface area contributed by atoms with Gasteiger partial charge in [-0.3, -0.25) is 0 Å². The zero-order chi connectivity index (χ0) is 15.2. The average Bonchev–Trinajstić information content (AvgIpc) is 2.95. The van der Waals surface area contributed by atoms with Crippen LogP contribution in [-0.4, -0.2) is 43.3 Å². The predicted molar refractivity (Wildman–Crippen MR) is 85.2 cm³/mol. The van der Waals surface area contributed by atoms with Crippen molar-refractivity contribution in [2.45, 2.75) is 31.2 Å². The second-order valence-electron chi connectivity index (χ2n) is 6.93. The van der Waals surface area contributed by atoms with Crippen LogP contribution in [0.1, 0.15) is 30.7 Å². The van der Waals surface area contributed by atoms with Crippen molar-refractivity contribution in [1.29, 1.82) is 0 Å². The Morgan fingerprint density at radius 2 is 2.32 bits per heavy atom. The Labute approximate surface area is 135 Å². The van der Waals surface area contributed by atoms with E-state index < -0.39 is 0 Å². The highest BCUT2D eigenvalue weighted by atomic mass is 35.5. The highest BCUT2D eigenvalue weighted by molar-refractivity contribution is 6.30. The van der Waals surface area contributed by atoms with Crippen LogP contribution in [0.2, 0.25) is 5.02 Å². The van der Waals surface area contributed by atoms with Gasteiger partial charge in [-0.25, -0.2) is 4.79 Å². The average molecular weight is 321 g/mol. The second kappa shape index (κ2) is 5.43. The summed E-state index contributed by atoms with van der Waals surface area (Å²) in [6.45, 7) is 3.34. The smallest absolute Gasteiger partial charge is 0.317 e. The number of nitrogens with one attached hydrogen (secondary N) is 1. The number of ether oxygens (including phenoxy) is 1. The number of hydrogen-bond donors (Lipinski definition) is 1. The number of benzene rings is 1. The highest BCUT2D eigenvalue weighted by Gasteiger charge is 2.45. The Balaban J connectivity index is 1.32. The van der Waals surface area contributed by atoms with E-state index in [0.29, 0.717) is 5.92 Å². The first-order valence-corrected chi connectivity index (χ1v) is 8.42. The van der Waals surface area contributed by atoms with Gasteiger partial charge >= 0.3 is 6.03 Å². The van der Waals surface area contributed by atoms with Gasteiger partial charge in [-0.15, -0.1) is 0 Å². The minimum Gasteiger partial charge on any atom is -0.381 e. The molecule has 3 atom stereocenters. The molecule has 3 fully saturated rings. The molecule has 2 heterocycles. The summed E-state index contributed by atoms with van der Waals surface area (Å²) < 4.78 is 5.52. The van der Waals surface area contributed by atoms with Crippen LogP contribution in [-0.2, 0) is 4.74 Å². The number of carbonyl (C=O) groups excluding carboxylic acids is 1. The summed E-state index contributed by atoms with van der Waals surface area (Å²) >= 11 is 6.04. The molecule has 118 valence electrons. The Hall–Kier alpha value is -1.26. The summed E-state index contributed by atoms with van der Waals surface area (Å²) in [5, 5.41) is 3.93. The fourth-order valence-corrected chi connectivity index (χ4v) is 3.99. The fraction of sp³-hybridized carbons (Fsp3) is 0.588. The number of likely N-dealkylation sites (tertiary alicyclic amines) is 1. The lowest BCUT2D eigenvalue weighted by Crippen LogP contribution is -2.41. The van der Waals surface area contributed by atoms with Crippen LogP contribution in [0.25, 0.3) is 0 Å². The predicted octanol–water partition coefficient (Wildman–Crippen LogP) is 3.02. The highest BCUT2D eigenvalue weighted by Crippen LogP contribution is 2.42. The molecule has 2 amide bonds. The fourth-order valence-electron chi connectivity index (χ4n) is 3.79. The van der Waals surface area contributed by atoms with E-state index in [4.69, 9.17) is 16.3 Å². The Morgan fingerprint density at radius 1 is 1.41 bits per heavy atom. The van der Waals surface area contributed by atoms with Gasteiger partial charge in [0.05, 0.1) is 6.61 Å². The first-order chi connectivity index (χ1) is 10.7. The van der Waals surface area contributed by atoms with Crippen LogP contribution in [0.4, 0.5) is 4.79 Å². The third-order valence-corrected chi connectivity index (χ3v) is 5.52. The summed E-state index contributed by atoms with van der Waals surface area (Å²) in [4.78, 5) is 14.4. The number of rotatable bonds is 2. The molecule has 1 spiro atoms. The van der Waals surface area contributed by atoms with E-state index in [1.165, 1.54) is 5.56 Å². The monoisotopic (exact) mass is 320 g/mol. The van der Waals surface area contributed by atoms with Crippen molar-refractivity contribution >= 4 is 17.6 Å². The summed E-state index contributed by atoms with van der Waals surface area (Å²) in [5.74, 6) is 0.411. The van der Waals surface area contributed by atoms with E-state index >= 15 is 0 Å². The first kappa shape index (κ1) is 14.3. The minimum atomic E-state index is 0.0818. The Bertz CT molecular complexity index is 586. The molecule has 1 N–H and O–H groups in total. The van der Waals surface area contributed by atoms with Gasteiger partial charge in [0.2, 0.25) is 0 Å². The van der Waals surface area contributed by atoms with Gasteiger partial charge in [-0.1, -0.05) is 23.7 Å². The molecule has 1 aromatic carbocycles. The molecule has 1 aromatic rings. The molecule has 3 aliphatic rings. The summed E-state index contributed by atoms with van der Waals surface area (Å²) in [6, 6.07) is 8.27. The molecule has 22 heavy (non-hydrogen) atoms. The topological polar surface area (TPSA) is 41.6 Å². The van der Waals surface area contributed by atoms with Crippen molar-refractivity contribution < 1.29 is 9.53 Å². The lowest BCUT2D eigenvalue weighted by atomic mass is 9.87. The van der Waals surface area contributed by atoms with Crippen LogP contribution in [0.5, 0.6) is 0 Å². The molecule has 2 saturated heterocycles. The van der Waals surface area contributed by atoms with Crippen LogP contribution in [0.15, 0.2) is 24.3 Å². The summed E-state index contributed by atoms with van der Waals surface area (Å²) in [7, 11) is 0. The maximum absolute atomic E-state index is 12.4. The van der Waals surface area contributed by atoms with Crippen LogP contribution in [0.3, 0.4) is 0 Å². The van der Waals surface area contributed by atoms with Crippen molar-refractivity contribution in [3.05, 3.63) is 34.9 Å². The van der Waals surface area contributed by atoms with Crippen molar-refractivity contribution in [3.8, 4) is 0 Å². The van der Waals surface area contributed by atoms with Crippen molar-refractivity contribution in [2.75, 3.05) is 26.3 Å². The van der Waals surface area contributed by atoms with Gasteiger partial charge in [0, 0.05) is 42.1 Å². The normalized spacial score (nSPS) is 33.4. The van der Waals surface area contributed by atoms with Crippen molar-refractivity contribution in [2.24, 2.45) is 5.41 Å².